The summed E-state index contributed by atoms with van der Waals surface area (Å²) in [6, 6.07) is 12.4. The van der Waals surface area contributed by atoms with Gasteiger partial charge in [0.2, 0.25) is 5.82 Å². The molecular formula is C16H14N4O4. The predicted molar refractivity (Wildman–Crippen MR) is 83.1 cm³/mol. The van der Waals surface area contributed by atoms with Crippen molar-refractivity contribution in [3.63, 3.8) is 0 Å². The number of nitrogens with zero attached hydrogens (tertiary/aromatic N) is 2. The Morgan fingerprint density at radius 3 is 2.42 bits per heavy atom. The number of hydrogen-bond acceptors (Lipinski definition) is 6. The molecule has 0 bridgehead atoms. The number of nitrogens with one attached hydrogen (secondary N) is 2. The van der Waals surface area contributed by atoms with Gasteiger partial charge in [0.15, 0.2) is 5.76 Å². The van der Waals surface area contributed by atoms with E-state index in [9.17, 15) is 9.59 Å². The summed E-state index contributed by atoms with van der Waals surface area (Å²) in [6.07, 6.45) is 1.41. The Balaban J connectivity index is 1.47. The van der Waals surface area contributed by atoms with E-state index in [2.05, 4.69) is 20.8 Å². The number of benzene rings is 1. The third-order valence-electron chi connectivity index (χ3n) is 3.09. The lowest BCUT2D eigenvalue weighted by Gasteiger charge is -2.03. The Labute approximate surface area is 136 Å². The number of rotatable bonds is 6. The first-order valence-electron chi connectivity index (χ1n) is 7.23. The molecule has 8 heteroatoms. The Bertz CT molecular complexity index is 812. The number of carbonyl (C=O) groups excluding carboxylic acids is 2. The number of hydrogen-bond donors (Lipinski definition) is 2. The van der Waals surface area contributed by atoms with Gasteiger partial charge in [0, 0.05) is 18.7 Å². The first-order chi connectivity index (χ1) is 11.7. The van der Waals surface area contributed by atoms with Gasteiger partial charge in [-0.2, -0.15) is 4.98 Å². The molecule has 0 saturated heterocycles. The third-order valence-corrected chi connectivity index (χ3v) is 3.09. The lowest BCUT2D eigenvalue weighted by atomic mass is 10.2. The fraction of sp³-hybridized carbons (Fsp3) is 0.125. The minimum absolute atomic E-state index is 0.133. The van der Waals surface area contributed by atoms with Crippen LogP contribution in [-0.4, -0.2) is 35.0 Å². The number of furan rings is 1. The number of amides is 2. The molecule has 2 N–H and O–H groups in total. The van der Waals surface area contributed by atoms with Gasteiger partial charge >= 0.3 is 11.8 Å². The van der Waals surface area contributed by atoms with Crippen LogP contribution in [0.2, 0.25) is 0 Å². The molecule has 0 spiro atoms. The highest BCUT2D eigenvalue weighted by molar-refractivity contribution is 5.91. The highest BCUT2D eigenvalue weighted by Crippen LogP contribution is 2.14. The smallest absolute Gasteiger partial charge is 0.316 e. The van der Waals surface area contributed by atoms with E-state index in [4.69, 9.17) is 8.94 Å². The van der Waals surface area contributed by atoms with Crippen LogP contribution in [0.5, 0.6) is 0 Å². The lowest BCUT2D eigenvalue weighted by molar-refractivity contribution is 0.0891. The van der Waals surface area contributed by atoms with Crippen LogP contribution in [0.3, 0.4) is 0 Å². The lowest BCUT2D eigenvalue weighted by Crippen LogP contribution is -2.34. The van der Waals surface area contributed by atoms with E-state index in [1.54, 1.807) is 12.1 Å². The number of aromatic nitrogens is 2. The fourth-order valence-corrected chi connectivity index (χ4v) is 1.94. The van der Waals surface area contributed by atoms with Crippen molar-refractivity contribution in [2.24, 2.45) is 0 Å². The standard InChI is InChI=1S/C16H14N4O4/c21-14(12-7-4-10-23-12)17-8-9-18-15(22)16-19-13(20-24-16)11-5-2-1-3-6-11/h1-7,10H,8-9H2,(H,17,21)(H,18,22). The molecule has 2 amide bonds. The fourth-order valence-electron chi connectivity index (χ4n) is 1.94. The van der Waals surface area contributed by atoms with Crippen LogP contribution in [0.25, 0.3) is 11.4 Å². The Kier molecular flexibility index (Phi) is 4.66. The second-order valence-corrected chi connectivity index (χ2v) is 4.78. The van der Waals surface area contributed by atoms with E-state index in [1.165, 1.54) is 6.26 Å². The Morgan fingerprint density at radius 1 is 0.958 bits per heavy atom. The molecule has 0 fully saturated rings. The summed E-state index contributed by atoms with van der Waals surface area (Å²) in [5, 5.41) is 8.96. The van der Waals surface area contributed by atoms with Crippen LogP contribution in [-0.2, 0) is 0 Å². The molecule has 0 unspecified atom stereocenters. The Hall–Kier alpha value is -3.42. The average Bonchev–Trinajstić information content (AvgIpc) is 3.31. The monoisotopic (exact) mass is 326 g/mol. The van der Waals surface area contributed by atoms with Crippen molar-refractivity contribution < 1.29 is 18.5 Å². The summed E-state index contributed by atoms with van der Waals surface area (Å²) >= 11 is 0. The van der Waals surface area contributed by atoms with Crippen molar-refractivity contribution in [1.82, 2.24) is 20.8 Å². The van der Waals surface area contributed by atoms with E-state index in [1.807, 2.05) is 30.3 Å². The molecule has 2 heterocycles. The molecular weight excluding hydrogens is 312 g/mol. The van der Waals surface area contributed by atoms with Gasteiger partial charge in [-0.05, 0) is 12.1 Å². The number of carbonyl (C=O) groups is 2. The molecule has 2 aromatic heterocycles. The quantitative estimate of drug-likeness (QED) is 0.664. The van der Waals surface area contributed by atoms with Crippen molar-refractivity contribution >= 4 is 11.8 Å². The largest absolute Gasteiger partial charge is 0.459 e. The van der Waals surface area contributed by atoms with E-state index in [0.717, 1.165) is 5.56 Å². The van der Waals surface area contributed by atoms with Crippen LogP contribution < -0.4 is 10.6 Å². The molecule has 0 aliphatic carbocycles. The van der Waals surface area contributed by atoms with Gasteiger partial charge in [0.1, 0.15) is 0 Å². The molecule has 3 aromatic rings. The third kappa shape index (κ3) is 3.67. The van der Waals surface area contributed by atoms with Crippen molar-refractivity contribution in [2.45, 2.75) is 0 Å². The van der Waals surface area contributed by atoms with Gasteiger partial charge in [0.05, 0.1) is 6.26 Å². The molecule has 0 aliphatic heterocycles. The van der Waals surface area contributed by atoms with Gasteiger partial charge in [-0.25, -0.2) is 0 Å². The van der Waals surface area contributed by atoms with Crippen molar-refractivity contribution in [3.8, 4) is 11.4 Å². The normalized spacial score (nSPS) is 10.3. The zero-order chi connectivity index (χ0) is 16.8. The van der Waals surface area contributed by atoms with E-state index in [-0.39, 0.29) is 30.6 Å². The van der Waals surface area contributed by atoms with E-state index >= 15 is 0 Å². The maximum Gasteiger partial charge on any atom is 0.316 e. The molecule has 3 rings (SSSR count). The van der Waals surface area contributed by atoms with Crippen LogP contribution in [0.4, 0.5) is 0 Å². The minimum atomic E-state index is -0.503. The van der Waals surface area contributed by atoms with E-state index in [0.29, 0.717) is 5.82 Å². The molecule has 24 heavy (non-hydrogen) atoms. The average molecular weight is 326 g/mol. The summed E-state index contributed by atoms with van der Waals surface area (Å²) in [4.78, 5) is 27.6. The summed E-state index contributed by atoms with van der Waals surface area (Å²) in [5.74, 6) is -0.431. The summed E-state index contributed by atoms with van der Waals surface area (Å²) in [5.41, 5.74) is 0.756. The molecule has 0 radical (unpaired) electrons. The molecule has 0 saturated carbocycles. The zero-order valence-corrected chi connectivity index (χ0v) is 12.6. The summed E-state index contributed by atoms with van der Waals surface area (Å²) < 4.78 is 9.90. The Morgan fingerprint density at radius 2 is 1.71 bits per heavy atom. The molecule has 0 atom stereocenters. The SMILES string of the molecule is O=C(NCCNC(=O)c1nc(-c2ccccc2)no1)c1ccco1. The van der Waals surface area contributed by atoms with Crippen molar-refractivity contribution in [2.75, 3.05) is 13.1 Å². The van der Waals surface area contributed by atoms with Crippen LogP contribution >= 0.6 is 0 Å². The van der Waals surface area contributed by atoms with Crippen LogP contribution in [0.15, 0.2) is 57.7 Å². The van der Waals surface area contributed by atoms with Gasteiger partial charge in [-0.15, -0.1) is 0 Å². The summed E-state index contributed by atoms with van der Waals surface area (Å²) in [7, 11) is 0. The first-order valence-corrected chi connectivity index (χ1v) is 7.23. The molecule has 0 aliphatic rings. The molecule has 1 aromatic carbocycles. The van der Waals surface area contributed by atoms with Crippen molar-refractivity contribution in [1.29, 1.82) is 0 Å². The first kappa shape index (κ1) is 15.5. The minimum Gasteiger partial charge on any atom is -0.459 e. The van der Waals surface area contributed by atoms with Crippen molar-refractivity contribution in [3.05, 3.63) is 60.4 Å². The second-order valence-electron chi connectivity index (χ2n) is 4.78. The predicted octanol–water partition coefficient (Wildman–Crippen LogP) is 1.49. The zero-order valence-electron chi connectivity index (χ0n) is 12.6. The summed E-state index contributed by atoms with van der Waals surface area (Å²) in [6.45, 7) is 0.458. The molecule has 122 valence electrons. The van der Waals surface area contributed by atoms with Gasteiger partial charge < -0.3 is 19.6 Å². The van der Waals surface area contributed by atoms with Gasteiger partial charge in [-0.1, -0.05) is 35.5 Å². The van der Waals surface area contributed by atoms with Crippen LogP contribution in [0.1, 0.15) is 21.2 Å². The van der Waals surface area contributed by atoms with Gasteiger partial charge in [-0.3, -0.25) is 9.59 Å². The topological polar surface area (TPSA) is 110 Å². The van der Waals surface area contributed by atoms with Crippen LogP contribution in [0, 0.1) is 0 Å². The second kappa shape index (κ2) is 7.23. The maximum absolute atomic E-state index is 11.9. The maximum atomic E-state index is 11.9. The van der Waals surface area contributed by atoms with Gasteiger partial charge in [0.25, 0.3) is 5.91 Å². The highest BCUT2D eigenvalue weighted by Gasteiger charge is 2.15. The highest BCUT2D eigenvalue weighted by atomic mass is 16.5. The van der Waals surface area contributed by atoms with E-state index < -0.39 is 5.91 Å². The molecule has 8 nitrogen and oxygen atoms in total.